The monoisotopic (exact) mass is 268 g/mol. The lowest BCUT2D eigenvalue weighted by Crippen LogP contribution is -2.26. The van der Waals surface area contributed by atoms with Gasteiger partial charge in [0.25, 0.3) is 5.91 Å². The summed E-state index contributed by atoms with van der Waals surface area (Å²) in [5.41, 5.74) is 3.98. The van der Waals surface area contributed by atoms with Gasteiger partial charge in [-0.05, 0) is 36.2 Å². The molecule has 0 aliphatic rings. The molecule has 0 saturated heterocycles. The highest BCUT2D eigenvalue weighted by Gasteiger charge is 2.12. The first kappa shape index (κ1) is 14.1. The molecule has 20 heavy (non-hydrogen) atoms. The van der Waals surface area contributed by atoms with E-state index in [4.69, 9.17) is 0 Å². The van der Waals surface area contributed by atoms with Crippen molar-refractivity contribution in [1.29, 1.82) is 0 Å². The second-order valence-electron chi connectivity index (χ2n) is 4.93. The summed E-state index contributed by atoms with van der Waals surface area (Å²) in [6, 6.07) is 15.7. The second kappa shape index (κ2) is 6.24. The Labute approximate surface area is 120 Å². The number of carbonyl (C=O) groups excluding carboxylic acids is 1. The molecule has 0 aromatic heterocycles. The summed E-state index contributed by atoms with van der Waals surface area (Å²) in [4.78, 5) is 14.1. The molecule has 2 aromatic carbocycles. The van der Waals surface area contributed by atoms with Gasteiger partial charge in [0.2, 0.25) is 0 Å². The molecule has 0 saturated carbocycles. The summed E-state index contributed by atoms with van der Waals surface area (Å²) in [6.07, 6.45) is 0. The van der Waals surface area contributed by atoms with Crippen LogP contribution in [0.2, 0.25) is 0 Å². The molecule has 0 bridgehead atoms. The minimum atomic E-state index is 0.0413. The third-order valence-electron chi connectivity index (χ3n) is 3.35. The van der Waals surface area contributed by atoms with Crippen LogP contribution < -0.4 is 5.32 Å². The molecule has 0 radical (unpaired) electrons. The standard InChI is InChI=1S/C17H20N2O/c1-13-11-15(9-10-16(13)18-2)17(20)19(3)12-14-7-5-4-6-8-14/h4-11,18H,12H2,1-3H3. The van der Waals surface area contributed by atoms with E-state index < -0.39 is 0 Å². The first-order valence-corrected chi connectivity index (χ1v) is 6.69. The number of carbonyl (C=O) groups is 1. The summed E-state index contributed by atoms with van der Waals surface area (Å²) < 4.78 is 0. The lowest BCUT2D eigenvalue weighted by molar-refractivity contribution is 0.0785. The van der Waals surface area contributed by atoms with Gasteiger partial charge in [-0.1, -0.05) is 30.3 Å². The van der Waals surface area contributed by atoms with Crippen molar-refractivity contribution in [2.24, 2.45) is 0 Å². The number of amides is 1. The van der Waals surface area contributed by atoms with Gasteiger partial charge in [-0.3, -0.25) is 4.79 Å². The maximum Gasteiger partial charge on any atom is 0.253 e. The molecule has 0 unspecified atom stereocenters. The van der Waals surface area contributed by atoms with Crippen molar-refractivity contribution >= 4 is 11.6 Å². The Morgan fingerprint density at radius 2 is 1.85 bits per heavy atom. The first-order valence-electron chi connectivity index (χ1n) is 6.69. The second-order valence-corrected chi connectivity index (χ2v) is 4.93. The number of anilines is 1. The van der Waals surface area contributed by atoms with Crippen LogP contribution in [0.25, 0.3) is 0 Å². The van der Waals surface area contributed by atoms with Crippen LogP contribution in [0.15, 0.2) is 48.5 Å². The number of aryl methyl sites for hydroxylation is 1. The normalized spacial score (nSPS) is 10.2. The SMILES string of the molecule is CNc1ccc(C(=O)N(C)Cc2ccccc2)cc1C. The Balaban J connectivity index is 2.12. The quantitative estimate of drug-likeness (QED) is 0.922. The minimum Gasteiger partial charge on any atom is -0.388 e. The van der Waals surface area contributed by atoms with Crippen molar-refractivity contribution < 1.29 is 4.79 Å². The fraction of sp³-hybridized carbons (Fsp3) is 0.235. The third kappa shape index (κ3) is 3.18. The van der Waals surface area contributed by atoms with Crippen LogP contribution in [0, 0.1) is 6.92 Å². The Morgan fingerprint density at radius 1 is 1.15 bits per heavy atom. The van der Waals surface area contributed by atoms with Crippen LogP contribution in [0.3, 0.4) is 0 Å². The molecule has 2 aromatic rings. The number of hydrogen-bond acceptors (Lipinski definition) is 2. The summed E-state index contributed by atoms with van der Waals surface area (Å²) >= 11 is 0. The molecule has 3 nitrogen and oxygen atoms in total. The zero-order chi connectivity index (χ0) is 14.5. The Bertz CT molecular complexity index is 593. The van der Waals surface area contributed by atoms with Crippen molar-refractivity contribution in [2.75, 3.05) is 19.4 Å². The average molecular weight is 268 g/mol. The van der Waals surface area contributed by atoms with E-state index in [9.17, 15) is 4.79 Å². The lowest BCUT2D eigenvalue weighted by atomic mass is 10.1. The van der Waals surface area contributed by atoms with Gasteiger partial charge in [-0.2, -0.15) is 0 Å². The molecule has 104 valence electrons. The van der Waals surface area contributed by atoms with Gasteiger partial charge in [-0.25, -0.2) is 0 Å². The van der Waals surface area contributed by atoms with Crippen molar-refractivity contribution in [1.82, 2.24) is 4.90 Å². The van der Waals surface area contributed by atoms with Crippen LogP contribution in [0.1, 0.15) is 21.5 Å². The highest BCUT2D eigenvalue weighted by molar-refractivity contribution is 5.94. The molecule has 0 fully saturated rings. The lowest BCUT2D eigenvalue weighted by Gasteiger charge is -2.18. The van der Waals surface area contributed by atoms with Gasteiger partial charge in [0, 0.05) is 31.9 Å². The summed E-state index contributed by atoms with van der Waals surface area (Å²) in [6.45, 7) is 2.62. The molecule has 3 heteroatoms. The highest BCUT2D eigenvalue weighted by Crippen LogP contribution is 2.17. The smallest absolute Gasteiger partial charge is 0.253 e. The van der Waals surface area contributed by atoms with E-state index in [2.05, 4.69) is 5.32 Å². The molecule has 0 heterocycles. The number of hydrogen-bond donors (Lipinski definition) is 1. The van der Waals surface area contributed by atoms with E-state index in [1.165, 1.54) is 0 Å². The van der Waals surface area contributed by atoms with Gasteiger partial charge in [0.1, 0.15) is 0 Å². The van der Waals surface area contributed by atoms with Crippen LogP contribution in [-0.4, -0.2) is 24.9 Å². The predicted octanol–water partition coefficient (Wildman–Crippen LogP) is 3.31. The van der Waals surface area contributed by atoms with Crippen LogP contribution in [-0.2, 0) is 6.54 Å². The van der Waals surface area contributed by atoms with Gasteiger partial charge >= 0.3 is 0 Å². The van der Waals surface area contributed by atoms with Crippen molar-refractivity contribution in [3.8, 4) is 0 Å². The molecule has 0 atom stereocenters. The van der Waals surface area contributed by atoms with Gasteiger partial charge in [0.05, 0.1) is 0 Å². The summed E-state index contributed by atoms with van der Waals surface area (Å²) in [5, 5.41) is 3.11. The van der Waals surface area contributed by atoms with E-state index in [0.717, 1.165) is 22.4 Å². The zero-order valence-electron chi connectivity index (χ0n) is 12.2. The van der Waals surface area contributed by atoms with E-state index >= 15 is 0 Å². The third-order valence-corrected chi connectivity index (χ3v) is 3.35. The van der Waals surface area contributed by atoms with Gasteiger partial charge in [0.15, 0.2) is 0 Å². The number of rotatable bonds is 4. The molecule has 1 amide bonds. The topological polar surface area (TPSA) is 32.3 Å². The zero-order valence-corrected chi connectivity index (χ0v) is 12.2. The van der Waals surface area contributed by atoms with Crippen LogP contribution >= 0.6 is 0 Å². The fourth-order valence-corrected chi connectivity index (χ4v) is 2.23. The molecular formula is C17H20N2O. The van der Waals surface area contributed by atoms with E-state index in [1.54, 1.807) is 4.90 Å². The van der Waals surface area contributed by atoms with Crippen molar-refractivity contribution in [3.05, 3.63) is 65.2 Å². The fourth-order valence-electron chi connectivity index (χ4n) is 2.23. The minimum absolute atomic E-state index is 0.0413. The Morgan fingerprint density at radius 3 is 2.45 bits per heavy atom. The van der Waals surface area contributed by atoms with Gasteiger partial charge in [-0.15, -0.1) is 0 Å². The first-order chi connectivity index (χ1) is 9.61. The summed E-state index contributed by atoms with van der Waals surface area (Å²) in [7, 11) is 3.71. The Hall–Kier alpha value is -2.29. The number of benzene rings is 2. The molecule has 1 N–H and O–H groups in total. The van der Waals surface area contributed by atoms with Crippen LogP contribution in [0.4, 0.5) is 5.69 Å². The maximum atomic E-state index is 12.4. The van der Waals surface area contributed by atoms with E-state index in [-0.39, 0.29) is 5.91 Å². The van der Waals surface area contributed by atoms with Crippen LogP contribution in [0.5, 0.6) is 0 Å². The summed E-state index contributed by atoms with van der Waals surface area (Å²) in [5.74, 6) is 0.0413. The molecule has 0 aliphatic heterocycles. The molecule has 0 aliphatic carbocycles. The largest absolute Gasteiger partial charge is 0.388 e. The Kier molecular flexibility index (Phi) is 4.41. The van der Waals surface area contributed by atoms with Crippen molar-refractivity contribution in [2.45, 2.75) is 13.5 Å². The number of nitrogens with one attached hydrogen (secondary N) is 1. The molecule has 0 spiro atoms. The van der Waals surface area contributed by atoms with E-state index in [0.29, 0.717) is 6.54 Å². The molecule has 2 rings (SSSR count). The maximum absolute atomic E-state index is 12.4. The predicted molar refractivity (Wildman–Crippen MR) is 83.0 cm³/mol. The van der Waals surface area contributed by atoms with Gasteiger partial charge < -0.3 is 10.2 Å². The van der Waals surface area contributed by atoms with E-state index in [1.807, 2.05) is 69.6 Å². The number of nitrogens with zero attached hydrogens (tertiary/aromatic N) is 1. The average Bonchev–Trinajstić information content (AvgIpc) is 2.47. The molecular weight excluding hydrogens is 248 g/mol. The highest BCUT2D eigenvalue weighted by atomic mass is 16.2. The van der Waals surface area contributed by atoms with Crippen molar-refractivity contribution in [3.63, 3.8) is 0 Å².